The molecule has 0 N–H and O–H groups in total. The molecule has 1 heterocycles. The topological polar surface area (TPSA) is 61.0 Å². The fraction of sp³-hybridized carbons (Fsp3) is 0.182. The molecular weight excluding hydrogens is 225 g/mol. The Kier molecular flexibility index (Phi) is 3.13. The van der Waals surface area contributed by atoms with E-state index in [2.05, 4.69) is 5.10 Å². The van der Waals surface area contributed by atoms with Crippen molar-refractivity contribution < 1.29 is 9.31 Å². The maximum absolute atomic E-state index is 12.9. The van der Waals surface area contributed by atoms with E-state index in [-0.39, 0.29) is 11.5 Å². The van der Waals surface area contributed by atoms with Gasteiger partial charge in [0.15, 0.2) is 0 Å². The Morgan fingerprint density at radius 1 is 1.47 bits per heavy atom. The minimum absolute atomic E-state index is 0.0377. The first-order chi connectivity index (χ1) is 8.15. The molecule has 0 radical (unpaired) electrons. The Bertz CT molecular complexity index is 539. The number of hydrogen-bond acceptors (Lipinski definition) is 3. The predicted molar refractivity (Wildman–Crippen MR) is 59.0 cm³/mol. The van der Waals surface area contributed by atoms with Crippen LogP contribution in [-0.4, -0.2) is 14.7 Å². The van der Waals surface area contributed by atoms with Gasteiger partial charge >= 0.3 is 5.69 Å². The Hall–Kier alpha value is -2.24. The van der Waals surface area contributed by atoms with Gasteiger partial charge in [0.05, 0.1) is 4.92 Å². The SMILES string of the molecule is O=[N+]([O-])c1cnn(CCc2cccc(F)c2)c1. The van der Waals surface area contributed by atoms with Crippen molar-refractivity contribution in [2.24, 2.45) is 0 Å². The molecule has 0 atom stereocenters. The molecule has 88 valence electrons. The van der Waals surface area contributed by atoms with Gasteiger partial charge in [-0.3, -0.25) is 14.8 Å². The molecule has 1 aromatic heterocycles. The van der Waals surface area contributed by atoms with E-state index in [1.807, 2.05) is 0 Å². The summed E-state index contributed by atoms with van der Waals surface area (Å²) in [5.74, 6) is -0.283. The molecule has 0 aliphatic rings. The van der Waals surface area contributed by atoms with Crippen LogP contribution in [0.5, 0.6) is 0 Å². The third-order valence-electron chi connectivity index (χ3n) is 2.35. The molecule has 0 saturated carbocycles. The zero-order chi connectivity index (χ0) is 12.3. The largest absolute Gasteiger partial charge is 0.306 e. The van der Waals surface area contributed by atoms with E-state index in [1.54, 1.807) is 12.1 Å². The van der Waals surface area contributed by atoms with Crippen molar-refractivity contribution in [1.29, 1.82) is 0 Å². The monoisotopic (exact) mass is 235 g/mol. The highest BCUT2D eigenvalue weighted by Crippen LogP contribution is 2.09. The van der Waals surface area contributed by atoms with Crippen LogP contribution in [-0.2, 0) is 13.0 Å². The maximum atomic E-state index is 12.9. The van der Waals surface area contributed by atoms with Crippen molar-refractivity contribution >= 4 is 5.69 Å². The van der Waals surface area contributed by atoms with E-state index in [0.717, 1.165) is 5.56 Å². The second-order valence-electron chi connectivity index (χ2n) is 3.60. The number of aryl methyl sites for hydroxylation is 2. The molecule has 17 heavy (non-hydrogen) atoms. The highest BCUT2D eigenvalue weighted by molar-refractivity contribution is 5.21. The van der Waals surface area contributed by atoms with E-state index in [9.17, 15) is 14.5 Å². The van der Waals surface area contributed by atoms with Crippen molar-refractivity contribution in [3.63, 3.8) is 0 Å². The minimum atomic E-state index is -0.494. The van der Waals surface area contributed by atoms with Crippen LogP contribution in [0, 0.1) is 15.9 Å². The Balaban J connectivity index is 2.00. The smallest absolute Gasteiger partial charge is 0.265 e. The Morgan fingerprint density at radius 2 is 2.29 bits per heavy atom. The van der Waals surface area contributed by atoms with Gasteiger partial charge in [0.1, 0.15) is 18.2 Å². The molecule has 0 unspecified atom stereocenters. The summed E-state index contributed by atoms with van der Waals surface area (Å²) in [4.78, 5) is 9.94. The molecule has 0 amide bonds. The van der Waals surface area contributed by atoms with E-state index in [4.69, 9.17) is 0 Å². The summed E-state index contributed by atoms with van der Waals surface area (Å²) >= 11 is 0. The van der Waals surface area contributed by atoms with Gasteiger partial charge in [-0.25, -0.2) is 4.39 Å². The second kappa shape index (κ2) is 4.73. The van der Waals surface area contributed by atoms with Crippen molar-refractivity contribution in [3.05, 3.63) is 58.2 Å². The second-order valence-corrected chi connectivity index (χ2v) is 3.60. The molecule has 2 aromatic rings. The van der Waals surface area contributed by atoms with Crippen LogP contribution in [0.15, 0.2) is 36.7 Å². The van der Waals surface area contributed by atoms with Gasteiger partial charge in [-0.2, -0.15) is 5.10 Å². The van der Waals surface area contributed by atoms with Gasteiger partial charge in [-0.1, -0.05) is 12.1 Å². The van der Waals surface area contributed by atoms with Gasteiger partial charge in [-0.05, 0) is 24.1 Å². The van der Waals surface area contributed by atoms with E-state index in [1.165, 1.54) is 29.2 Å². The molecule has 2 rings (SSSR count). The lowest BCUT2D eigenvalue weighted by atomic mass is 10.1. The summed E-state index contributed by atoms with van der Waals surface area (Å²) in [5, 5.41) is 14.3. The van der Waals surface area contributed by atoms with Crippen molar-refractivity contribution in [3.8, 4) is 0 Å². The van der Waals surface area contributed by atoms with E-state index >= 15 is 0 Å². The van der Waals surface area contributed by atoms with Crippen LogP contribution in [0.25, 0.3) is 0 Å². The normalized spacial score (nSPS) is 10.4. The first-order valence-electron chi connectivity index (χ1n) is 5.06. The van der Waals surface area contributed by atoms with Crippen LogP contribution in [0.2, 0.25) is 0 Å². The van der Waals surface area contributed by atoms with Crippen molar-refractivity contribution in [2.45, 2.75) is 13.0 Å². The standard InChI is InChI=1S/C11H10FN3O2/c12-10-3-1-2-9(6-10)4-5-14-8-11(7-13-14)15(16)17/h1-3,6-8H,4-5H2. The summed E-state index contributed by atoms with van der Waals surface area (Å²) in [6, 6.07) is 6.26. The highest BCUT2D eigenvalue weighted by atomic mass is 19.1. The number of hydrogen-bond donors (Lipinski definition) is 0. The summed E-state index contributed by atoms with van der Waals surface area (Å²) in [6.45, 7) is 0.483. The zero-order valence-corrected chi connectivity index (χ0v) is 8.91. The average molecular weight is 235 g/mol. The summed E-state index contributed by atoms with van der Waals surface area (Å²) in [7, 11) is 0. The Labute approximate surface area is 96.6 Å². The van der Waals surface area contributed by atoms with Gasteiger partial charge in [0.25, 0.3) is 0 Å². The molecule has 1 aromatic carbocycles. The third-order valence-corrected chi connectivity index (χ3v) is 2.35. The third kappa shape index (κ3) is 2.87. The molecule has 0 aliphatic carbocycles. The van der Waals surface area contributed by atoms with Crippen LogP contribution in [0.3, 0.4) is 0 Å². The Morgan fingerprint density at radius 3 is 2.94 bits per heavy atom. The predicted octanol–water partition coefficient (Wildman–Crippen LogP) is 2.17. The van der Waals surface area contributed by atoms with E-state index < -0.39 is 4.92 Å². The number of aromatic nitrogens is 2. The van der Waals surface area contributed by atoms with Gasteiger partial charge in [-0.15, -0.1) is 0 Å². The highest BCUT2D eigenvalue weighted by Gasteiger charge is 2.08. The first kappa shape index (κ1) is 11.3. The molecule has 0 bridgehead atoms. The van der Waals surface area contributed by atoms with Crippen LogP contribution in [0.1, 0.15) is 5.56 Å². The van der Waals surface area contributed by atoms with Crippen molar-refractivity contribution in [1.82, 2.24) is 9.78 Å². The number of benzene rings is 1. The molecule has 0 spiro atoms. The summed E-state index contributed by atoms with van der Waals surface area (Å²) < 4.78 is 14.4. The van der Waals surface area contributed by atoms with E-state index in [0.29, 0.717) is 13.0 Å². The molecule has 0 aliphatic heterocycles. The fourth-order valence-electron chi connectivity index (χ4n) is 1.51. The number of nitro groups is 1. The molecular formula is C11H10FN3O2. The zero-order valence-electron chi connectivity index (χ0n) is 8.91. The van der Waals surface area contributed by atoms with Gasteiger partial charge < -0.3 is 0 Å². The summed E-state index contributed by atoms with van der Waals surface area (Å²) in [6.07, 6.45) is 3.14. The first-order valence-corrected chi connectivity index (χ1v) is 5.06. The number of rotatable bonds is 4. The number of nitrogens with zero attached hydrogens (tertiary/aromatic N) is 3. The average Bonchev–Trinajstić information content (AvgIpc) is 2.75. The molecule has 5 nitrogen and oxygen atoms in total. The quantitative estimate of drug-likeness (QED) is 0.602. The molecule has 0 fully saturated rings. The van der Waals surface area contributed by atoms with Gasteiger partial charge in [0, 0.05) is 6.54 Å². The van der Waals surface area contributed by atoms with Crippen LogP contribution in [0.4, 0.5) is 10.1 Å². The molecule has 0 saturated heterocycles. The summed E-state index contributed by atoms with van der Waals surface area (Å²) in [5.41, 5.74) is 0.799. The van der Waals surface area contributed by atoms with Crippen LogP contribution < -0.4 is 0 Å². The maximum Gasteiger partial charge on any atom is 0.306 e. The molecule has 6 heteroatoms. The van der Waals surface area contributed by atoms with Crippen LogP contribution >= 0.6 is 0 Å². The van der Waals surface area contributed by atoms with Crippen molar-refractivity contribution in [2.75, 3.05) is 0 Å². The fourth-order valence-corrected chi connectivity index (χ4v) is 1.51. The van der Waals surface area contributed by atoms with Gasteiger partial charge in [0.2, 0.25) is 0 Å². The lowest BCUT2D eigenvalue weighted by Gasteiger charge is -2.01. The lowest BCUT2D eigenvalue weighted by molar-refractivity contribution is -0.385. The number of halogens is 1. The minimum Gasteiger partial charge on any atom is -0.265 e. The lowest BCUT2D eigenvalue weighted by Crippen LogP contribution is -2.01.